The molecule has 1 unspecified atom stereocenters. The average molecular weight is 269 g/mol. The Morgan fingerprint density at radius 2 is 2.11 bits per heavy atom. The molecule has 1 aliphatic rings. The van der Waals surface area contributed by atoms with Crippen LogP contribution in [0.15, 0.2) is 17.5 Å². The first-order chi connectivity index (χ1) is 8.76. The summed E-state index contributed by atoms with van der Waals surface area (Å²) in [5.74, 6) is 0. The SMILES string of the molecule is OCC1(CNCC(O)c2cccs2)CCCCC1. The number of aliphatic hydroxyl groups excluding tert-OH is 2. The van der Waals surface area contributed by atoms with Crippen molar-refractivity contribution in [3.63, 3.8) is 0 Å². The standard InChI is InChI=1S/C14H23NO2S/c16-11-14(6-2-1-3-7-14)10-15-9-12(17)13-5-4-8-18-13/h4-5,8,12,15-17H,1-3,6-7,9-11H2. The van der Waals surface area contributed by atoms with E-state index in [1.54, 1.807) is 11.3 Å². The molecule has 3 nitrogen and oxygen atoms in total. The maximum atomic E-state index is 9.98. The highest BCUT2D eigenvalue weighted by Gasteiger charge is 2.31. The Kier molecular flexibility index (Phi) is 5.18. The topological polar surface area (TPSA) is 52.5 Å². The monoisotopic (exact) mass is 269 g/mol. The third kappa shape index (κ3) is 3.54. The summed E-state index contributed by atoms with van der Waals surface area (Å²) in [6.45, 7) is 1.64. The Morgan fingerprint density at radius 1 is 1.33 bits per heavy atom. The van der Waals surface area contributed by atoms with Crippen LogP contribution in [0.1, 0.15) is 43.1 Å². The third-order valence-corrected chi connectivity index (χ3v) is 4.93. The summed E-state index contributed by atoms with van der Waals surface area (Å²) in [6, 6.07) is 3.92. The molecule has 0 aromatic carbocycles. The van der Waals surface area contributed by atoms with E-state index < -0.39 is 6.10 Å². The maximum Gasteiger partial charge on any atom is 0.101 e. The normalized spacial score (nSPS) is 20.8. The largest absolute Gasteiger partial charge is 0.396 e. The van der Waals surface area contributed by atoms with Crippen molar-refractivity contribution in [3.8, 4) is 0 Å². The molecule has 3 N–H and O–H groups in total. The first-order valence-corrected chi connectivity index (χ1v) is 7.67. The van der Waals surface area contributed by atoms with Gasteiger partial charge in [0.1, 0.15) is 6.10 Å². The van der Waals surface area contributed by atoms with Crippen LogP contribution in [0.3, 0.4) is 0 Å². The molecule has 0 aliphatic heterocycles. The summed E-state index contributed by atoms with van der Waals surface area (Å²) < 4.78 is 0. The minimum Gasteiger partial charge on any atom is -0.396 e. The third-order valence-electron chi connectivity index (χ3n) is 3.96. The zero-order valence-corrected chi connectivity index (χ0v) is 11.6. The molecule has 1 fully saturated rings. The summed E-state index contributed by atoms with van der Waals surface area (Å²) in [7, 11) is 0. The second-order valence-electron chi connectivity index (χ2n) is 5.38. The fourth-order valence-electron chi connectivity index (χ4n) is 2.75. The molecule has 1 atom stereocenters. The van der Waals surface area contributed by atoms with E-state index in [9.17, 15) is 10.2 Å². The second kappa shape index (κ2) is 6.66. The quantitative estimate of drug-likeness (QED) is 0.743. The van der Waals surface area contributed by atoms with E-state index in [2.05, 4.69) is 5.32 Å². The van der Waals surface area contributed by atoms with Gasteiger partial charge in [-0.15, -0.1) is 11.3 Å². The number of nitrogens with one attached hydrogen (secondary N) is 1. The van der Waals surface area contributed by atoms with Crippen molar-refractivity contribution in [2.75, 3.05) is 19.7 Å². The summed E-state index contributed by atoms with van der Waals surface area (Å²) >= 11 is 1.58. The van der Waals surface area contributed by atoms with E-state index >= 15 is 0 Å². The molecular weight excluding hydrogens is 246 g/mol. The van der Waals surface area contributed by atoms with E-state index in [1.807, 2.05) is 17.5 Å². The zero-order chi connectivity index (χ0) is 12.8. The number of rotatable bonds is 6. The van der Waals surface area contributed by atoms with Crippen LogP contribution < -0.4 is 5.32 Å². The molecule has 1 aliphatic carbocycles. The van der Waals surface area contributed by atoms with Gasteiger partial charge in [-0.25, -0.2) is 0 Å². The van der Waals surface area contributed by atoms with Crippen LogP contribution in [0.2, 0.25) is 0 Å². The number of aliphatic hydroxyl groups is 2. The number of thiophene rings is 1. The Morgan fingerprint density at radius 3 is 2.72 bits per heavy atom. The van der Waals surface area contributed by atoms with Gasteiger partial charge in [-0.05, 0) is 24.3 Å². The summed E-state index contributed by atoms with van der Waals surface area (Å²) in [5.41, 5.74) is 0.0490. The molecule has 0 spiro atoms. The smallest absolute Gasteiger partial charge is 0.101 e. The first kappa shape index (κ1) is 14.0. The van der Waals surface area contributed by atoms with Gasteiger partial charge >= 0.3 is 0 Å². The van der Waals surface area contributed by atoms with E-state index in [0.717, 1.165) is 24.3 Å². The van der Waals surface area contributed by atoms with E-state index in [4.69, 9.17) is 0 Å². The van der Waals surface area contributed by atoms with E-state index in [0.29, 0.717) is 6.54 Å². The van der Waals surface area contributed by atoms with Gasteiger partial charge in [0.05, 0.1) is 0 Å². The van der Waals surface area contributed by atoms with Crippen molar-refractivity contribution < 1.29 is 10.2 Å². The van der Waals surface area contributed by atoms with Gasteiger partial charge < -0.3 is 15.5 Å². The fraction of sp³-hybridized carbons (Fsp3) is 0.714. The highest BCUT2D eigenvalue weighted by atomic mass is 32.1. The maximum absolute atomic E-state index is 9.98. The van der Waals surface area contributed by atoms with Crippen molar-refractivity contribution in [3.05, 3.63) is 22.4 Å². The minimum atomic E-state index is -0.427. The molecule has 4 heteroatoms. The predicted molar refractivity (Wildman–Crippen MR) is 74.8 cm³/mol. The zero-order valence-electron chi connectivity index (χ0n) is 10.8. The van der Waals surface area contributed by atoms with Crippen molar-refractivity contribution in [2.45, 2.75) is 38.2 Å². The molecule has 18 heavy (non-hydrogen) atoms. The highest BCUT2D eigenvalue weighted by Crippen LogP contribution is 2.35. The lowest BCUT2D eigenvalue weighted by molar-refractivity contribution is 0.0760. The van der Waals surface area contributed by atoms with Crippen molar-refractivity contribution in [1.29, 1.82) is 0 Å². The molecular formula is C14H23NO2S. The lowest BCUT2D eigenvalue weighted by Gasteiger charge is -2.36. The van der Waals surface area contributed by atoms with Gasteiger partial charge in [-0.2, -0.15) is 0 Å². The van der Waals surface area contributed by atoms with E-state index in [-0.39, 0.29) is 12.0 Å². The lowest BCUT2D eigenvalue weighted by Crippen LogP contribution is -2.40. The van der Waals surface area contributed by atoms with Gasteiger partial charge in [0.2, 0.25) is 0 Å². The predicted octanol–water partition coefficient (Wildman–Crippen LogP) is 2.31. The Bertz CT molecular complexity index is 334. The second-order valence-corrected chi connectivity index (χ2v) is 6.36. The molecule has 0 amide bonds. The van der Waals surface area contributed by atoms with Gasteiger partial charge in [-0.3, -0.25) is 0 Å². The van der Waals surface area contributed by atoms with Crippen molar-refractivity contribution >= 4 is 11.3 Å². The summed E-state index contributed by atoms with van der Waals surface area (Å²) in [6.07, 6.45) is 5.51. The van der Waals surface area contributed by atoms with Crippen LogP contribution in [0.5, 0.6) is 0 Å². The average Bonchev–Trinajstić information content (AvgIpc) is 2.94. The minimum absolute atomic E-state index is 0.0490. The molecule has 0 bridgehead atoms. The van der Waals surface area contributed by atoms with E-state index in [1.165, 1.54) is 19.3 Å². The van der Waals surface area contributed by atoms with Gasteiger partial charge in [-0.1, -0.05) is 25.3 Å². The van der Waals surface area contributed by atoms with Gasteiger partial charge in [0.25, 0.3) is 0 Å². The van der Waals surface area contributed by atoms with Crippen LogP contribution in [0, 0.1) is 5.41 Å². The first-order valence-electron chi connectivity index (χ1n) is 6.79. The number of hydrogen-bond acceptors (Lipinski definition) is 4. The van der Waals surface area contributed by atoms with Crippen molar-refractivity contribution in [2.24, 2.45) is 5.41 Å². The molecule has 1 aromatic heterocycles. The molecule has 0 saturated heterocycles. The van der Waals surface area contributed by atoms with Crippen LogP contribution in [-0.2, 0) is 0 Å². The Balaban J connectivity index is 1.76. The molecule has 102 valence electrons. The Hall–Kier alpha value is -0.420. The van der Waals surface area contributed by atoms with Crippen LogP contribution in [-0.4, -0.2) is 29.9 Å². The number of hydrogen-bond donors (Lipinski definition) is 3. The van der Waals surface area contributed by atoms with Gasteiger partial charge in [0, 0.05) is 30.0 Å². The molecule has 1 heterocycles. The molecule has 2 rings (SSSR count). The molecule has 1 aromatic rings. The van der Waals surface area contributed by atoms with Crippen LogP contribution in [0.4, 0.5) is 0 Å². The van der Waals surface area contributed by atoms with Gasteiger partial charge in [0.15, 0.2) is 0 Å². The highest BCUT2D eigenvalue weighted by molar-refractivity contribution is 7.10. The lowest BCUT2D eigenvalue weighted by atomic mass is 9.74. The fourth-order valence-corrected chi connectivity index (χ4v) is 3.46. The molecule has 1 saturated carbocycles. The molecule has 0 radical (unpaired) electrons. The van der Waals surface area contributed by atoms with Crippen molar-refractivity contribution in [1.82, 2.24) is 5.32 Å². The summed E-state index contributed by atoms with van der Waals surface area (Å²) in [5, 5.41) is 24.9. The Labute approximate surface area is 113 Å². The van der Waals surface area contributed by atoms with Crippen LogP contribution in [0.25, 0.3) is 0 Å². The summed E-state index contributed by atoms with van der Waals surface area (Å²) in [4.78, 5) is 1.00. The van der Waals surface area contributed by atoms with Crippen LogP contribution >= 0.6 is 11.3 Å².